The maximum absolute atomic E-state index is 12.3. The Morgan fingerprint density at radius 2 is 1.62 bits per heavy atom. The smallest absolute Gasteiger partial charge is 0.241 e. The summed E-state index contributed by atoms with van der Waals surface area (Å²) in [5, 5.41) is 0. The maximum atomic E-state index is 12.3. The molecule has 0 aliphatic rings. The Balaban J connectivity index is 2.17. The molecular weight excluding hydrogens is 284 g/mol. The predicted molar refractivity (Wildman–Crippen MR) is 85.4 cm³/mol. The molecule has 0 aliphatic heterocycles. The van der Waals surface area contributed by atoms with Crippen LogP contribution in [0, 0.1) is 0 Å². The molecule has 2 rings (SSSR count). The number of rotatable bonds is 5. The Morgan fingerprint density at radius 3 is 2.14 bits per heavy atom. The number of nitrogens with one attached hydrogen (secondary N) is 1. The Kier molecular flexibility index (Phi) is 4.65. The van der Waals surface area contributed by atoms with Crippen molar-refractivity contribution in [2.45, 2.75) is 31.2 Å². The second-order valence-corrected chi connectivity index (χ2v) is 6.72. The molecule has 4 nitrogen and oxygen atoms in total. The summed E-state index contributed by atoms with van der Waals surface area (Å²) < 4.78 is 27.3. The Morgan fingerprint density at radius 1 is 1.05 bits per heavy atom. The average Bonchev–Trinajstić information content (AvgIpc) is 2.47. The molecule has 1 unspecified atom stereocenters. The van der Waals surface area contributed by atoms with Gasteiger partial charge in [0, 0.05) is 11.7 Å². The van der Waals surface area contributed by atoms with E-state index >= 15 is 0 Å². The average molecular weight is 304 g/mol. The van der Waals surface area contributed by atoms with Crippen LogP contribution < -0.4 is 10.5 Å². The maximum Gasteiger partial charge on any atom is 0.241 e. The van der Waals surface area contributed by atoms with Crippen LogP contribution in [0.15, 0.2) is 53.4 Å². The molecule has 21 heavy (non-hydrogen) atoms. The minimum atomic E-state index is -3.55. The third-order valence-corrected chi connectivity index (χ3v) is 4.97. The van der Waals surface area contributed by atoms with Crippen LogP contribution in [0.1, 0.15) is 31.0 Å². The van der Waals surface area contributed by atoms with E-state index in [4.69, 9.17) is 5.73 Å². The highest BCUT2D eigenvalue weighted by Crippen LogP contribution is 2.18. The molecule has 2 aromatic rings. The number of nitrogen functional groups attached to an aromatic ring is 1. The second-order valence-electron chi connectivity index (χ2n) is 5.01. The molecule has 0 fully saturated rings. The van der Waals surface area contributed by atoms with Gasteiger partial charge in [0.1, 0.15) is 0 Å². The van der Waals surface area contributed by atoms with Crippen molar-refractivity contribution < 1.29 is 8.42 Å². The zero-order valence-corrected chi connectivity index (χ0v) is 13.0. The first-order chi connectivity index (χ1) is 9.92. The van der Waals surface area contributed by atoms with E-state index < -0.39 is 10.0 Å². The lowest BCUT2D eigenvalue weighted by atomic mass is 10.1. The van der Waals surface area contributed by atoms with E-state index in [-0.39, 0.29) is 10.9 Å². The fraction of sp³-hybridized carbons (Fsp3) is 0.250. The molecule has 0 bridgehead atoms. The lowest BCUT2D eigenvalue weighted by Crippen LogP contribution is -2.26. The van der Waals surface area contributed by atoms with Gasteiger partial charge < -0.3 is 5.73 Å². The van der Waals surface area contributed by atoms with Crippen molar-refractivity contribution in [3.05, 3.63) is 59.7 Å². The summed E-state index contributed by atoms with van der Waals surface area (Å²) in [6.45, 7) is 3.91. The first-order valence-electron chi connectivity index (χ1n) is 6.89. The van der Waals surface area contributed by atoms with E-state index in [1.165, 1.54) is 17.7 Å². The van der Waals surface area contributed by atoms with Crippen LogP contribution in [0.25, 0.3) is 0 Å². The largest absolute Gasteiger partial charge is 0.399 e. The lowest BCUT2D eigenvalue weighted by Gasteiger charge is -2.15. The van der Waals surface area contributed by atoms with Gasteiger partial charge in [-0.15, -0.1) is 0 Å². The van der Waals surface area contributed by atoms with Gasteiger partial charge in [0.15, 0.2) is 0 Å². The first kappa shape index (κ1) is 15.5. The molecule has 0 aliphatic carbocycles. The number of aryl methyl sites for hydroxylation is 1. The number of hydrogen-bond acceptors (Lipinski definition) is 3. The molecule has 0 amide bonds. The van der Waals surface area contributed by atoms with E-state index in [2.05, 4.69) is 11.6 Å². The van der Waals surface area contributed by atoms with Gasteiger partial charge in [-0.1, -0.05) is 31.2 Å². The van der Waals surface area contributed by atoms with Gasteiger partial charge in [-0.25, -0.2) is 13.1 Å². The number of hydrogen-bond donors (Lipinski definition) is 2. The van der Waals surface area contributed by atoms with E-state index in [1.807, 2.05) is 31.2 Å². The van der Waals surface area contributed by atoms with Crippen LogP contribution in [0.2, 0.25) is 0 Å². The molecule has 0 heterocycles. The van der Waals surface area contributed by atoms with Crippen molar-refractivity contribution in [3.8, 4) is 0 Å². The molecule has 3 N–H and O–H groups in total. The van der Waals surface area contributed by atoms with E-state index in [1.54, 1.807) is 12.1 Å². The van der Waals surface area contributed by atoms with Crippen molar-refractivity contribution in [2.75, 3.05) is 5.73 Å². The van der Waals surface area contributed by atoms with Gasteiger partial charge in [-0.05, 0) is 48.7 Å². The van der Waals surface area contributed by atoms with Gasteiger partial charge >= 0.3 is 0 Å². The molecule has 0 aromatic heterocycles. The predicted octanol–water partition coefficient (Wildman–Crippen LogP) is 2.87. The van der Waals surface area contributed by atoms with Crippen LogP contribution in [-0.4, -0.2) is 8.42 Å². The number of benzene rings is 2. The SMILES string of the molecule is CCc1ccc(C(C)NS(=O)(=O)c2ccc(N)cc2)cc1. The third kappa shape index (κ3) is 3.83. The number of nitrogens with two attached hydrogens (primary N) is 1. The zero-order chi connectivity index (χ0) is 15.5. The van der Waals surface area contributed by atoms with Crippen LogP contribution in [0.4, 0.5) is 5.69 Å². The van der Waals surface area contributed by atoms with Gasteiger partial charge in [0.2, 0.25) is 10.0 Å². The van der Waals surface area contributed by atoms with E-state index in [0.717, 1.165) is 12.0 Å². The summed E-state index contributed by atoms with van der Waals surface area (Å²) in [5.41, 5.74) is 8.28. The Bertz CT molecular complexity index is 692. The molecule has 112 valence electrons. The minimum absolute atomic E-state index is 0.216. The van der Waals surface area contributed by atoms with Crippen molar-refractivity contribution in [1.82, 2.24) is 4.72 Å². The summed E-state index contributed by atoms with van der Waals surface area (Å²) >= 11 is 0. The number of sulfonamides is 1. The minimum Gasteiger partial charge on any atom is -0.399 e. The van der Waals surface area contributed by atoms with E-state index in [0.29, 0.717) is 5.69 Å². The Hall–Kier alpha value is -1.85. The monoisotopic (exact) mass is 304 g/mol. The molecular formula is C16H20N2O2S. The third-order valence-electron chi connectivity index (χ3n) is 3.41. The van der Waals surface area contributed by atoms with Crippen molar-refractivity contribution in [1.29, 1.82) is 0 Å². The normalized spacial score (nSPS) is 13.0. The van der Waals surface area contributed by atoms with Crippen molar-refractivity contribution in [3.63, 3.8) is 0 Å². The van der Waals surface area contributed by atoms with Gasteiger partial charge in [0.05, 0.1) is 4.90 Å². The van der Waals surface area contributed by atoms with E-state index in [9.17, 15) is 8.42 Å². The Labute approximate surface area is 126 Å². The van der Waals surface area contributed by atoms with Crippen LogP contribution in [-0.2, 0) is 16.4 Å². The highest BCUT2D eigenvalue weighted by atomic mass is 32.2. The van der Waals surface area contributed by atoms with Gasteiger partial charge in [-0.2, -0.15) is 0 Å². The van der Waals surface area contributed by atoms with Crippen LogP contribution in [0.3, 0.4) is 0 Å². The van der Waals surface area contributed by atoms with Crippen LogP contribution in [0.5, 0.6) is 0 Å². The molecule has 0 saturated carbocycles. The van der Waals surface area contributed by atoms with Gasteiger partial charge in [-0.3, -0.25) is 0 Å². The topological polar surface area (TPSA) is 72.2 Å². The van der Waals surface area contributed by atoms with Crippen molar-refractivity contribution >= 4 is 15.7 Å². The lowest BCUT2D eigenvalue weighted by molar-refractivity contribution is 0.567. The van der Waals surface area contributed by atoms with Crippen molar-refractivity contribution in [2.24, 2.45) is 0 Å². The number of anilines is 1. The highest BCUT2D eigenvalue weighted by Gasteiger charge is 2.18. The molecule has 0 saturated heterocycles. The highest BCUT2D eigenvalue weighted by molar-refractivity contribution is 7.89. The molecule has 2 aromatic carbocycles. The molecule has 5 heteroatoms. The standard InChI is InChI=1S/C16H20N2O2S/c1-3-13-4-6-14(7-5-13)12(2)18-21(19,20)16-10-8-15(17)9-11-16/h4-12,18H,3,17H2,1-2H3. The van der Waals surface area contributed by atoms with Gasteiger partial charge in [0.25, 0.3) is 0 Å². The fourth-order valence-corrected chi connectivity index (χ4v) is 3.29. The fourth-order valence-electron chi connectivity index (χ4n) is 2.06. The summed E-state index contributed by atoms with van der Waals surface area (Å²) in [7, 11) is -3.55. The van der Waals surface area contributed by atoms with Crippen LogP contribution >= 0.6 is 0 Å². The second kappa shape index (κ2) is 6.28. The zero-order valence-electron chi connectivity index (χ0n) is 12.2. The molecule has 0 spiro atoms. The molecule has 1 atom stereocenters. The first-order valence-corrected chi connectivity index (χ1v) is 8.37. The molecule has 0 radical (unpaired) electrons. The quantitative estimate of drug-likeness (QED) is 0.834. The summed E-state index contributed by atoms with van der Waals surface area (Å²) in [4.78, 5) is 0.216. The summed E-state index contributed by atoms with van der Waals surface area (Å²) in [6, 6.07) is 13.8. The summed E-state index contributed by atoms with van der Waals surface area (Å²) in [6.07, 6.45) is 0.964. The summed E-state index contributed by atoms with van der Waals surface area (Å²) in [5.74, 6) is 0.